The summed E-state index contributed by atoms with van der Waals surface area (Å²) in [7, 11) is 0. The first-order chi connectivity index (χ1) is 7.74. The Hall–Kier alpha value is -0.120. The monoisotopic (exact) mass is 228 g/mol. The summed E-state index contributed by atoms with van der Waals surface area (Å²) in [6, 6.07) is 0. The normalized spacial score (nSPS) is 39.4. The van der Waals surface area contributed by atoms with Crippen LogP contribution >= 0.6 is 0 Å². The quantitative estimate of drug-likeness (QED) is 0.691. The molecule has 2 aliphatic heterocycles. The minimum absolute atomic E-state index is 0.175. The highest BCUT2D eigenvalue weighted by molar-refractivity contribution is 4.76. The Labute approximate surface area is 98.4 Å². The van der Waals surface area contributed by atoms with E-state index in [4.69, 9.17) is 14.2 Å². The lowest BCUT2D eigenvalue weighted by Gasteiger charge is -2.36. The van der Waals surface area contributed by atoms with Crippen molar-refractivity contribution in [3.05, 3.63) is 0 Å². The predicted octanol–water partition coefficient (Wildman–Crippen LogP) is 3.22. The molecule has 0 amide bonds. The van der Waals surface area contributed by atoms with Gasteiger partial charge in [0.1, 0.15) is 0 Å². The second-order valence-corrected chi connectivity index (χ2v) is 5.05. The molecule has 3 unspecified atom stereocenters. The zero-order valence-electron chi connectivity index (χ0n) is 10.5. The van der Waals surface area contributed by atoms with Crippen LogP contribution in [0, 0.1) is 0 Å². The molecule has 94 valence electrons. The Kier molecular flexibility index (Phi) is 4.22. The molecule has 0 N–H and O–H groups in total. The zero-order valence-corrected chi connectivity index (χ0v) is 10.5. The molecule has 1 spiro atoms. The highest BCUT2D eigenvalue weighted by Crippen LogP contribution is 2.37. The third-order valence-electron chi connectivity index (χ3n) is 3.40. The molecule has 3 nitrogen and oxygen atoms in total. The SMILES string of the molecule is CCCCCC1CCCC2(OCC(C)O2)O1. The van der Waals surface area contributed by atoms with Crippen molar-refractivity contribution in [1.29, 1.82) is 0 Å². The first-order valence-electron chi connectivity index (χ1n) is 6.74. The Morgan fingerprint density at radius 2 is 2.12 bits per heavy atom. The van der Waals surface area contributed by atoms with Crippen LogP contribution in [0.1, 0.15) is 58.8 Å². The van der Waals surface area contributed by atoms with Gasteiger partial charge >= 0.3 is 0 Å². The third-order valence-corrected chi connectivity index (χ3v) is 3.40. The van der Waals surface area contributed by atoms with Gasteiger partial charge in [0.05, 0.1) is 18.8 Å². The molecule has 0 aromatic heterocycles. The second-order valence-electron chi connectivity index (χ2n) is 5.05. The minimum Gasteiger partial charge on any atom is -0.325 e. The van der Waals surface area contributed by atoms with Gasteiger partial charge in [0.25, 0.3) is 5.97 Å². The van der Waals surface area contributed by atoms with Crippen molar-refractivity contribution in [2.24, 2.45) is 0 Å². The van der Waals surface area contributed by atoms with Gasteiger partial charge in [0, 0.05) is 6.42 Å². The molecule has 16 heavy (non-hydrogen) atoms. The van der Waals surface area contributed by atoms with Crippen LogP contribution in [0.5, 0.6) is 0 Å². The van der Waals surface area contributed by atoms with Crippen molar-refractivity contribution in [2.75, 3.05) is 6.61 Å². The van der Waals surface area contributed by atoms with Crippen LogP contribution in [0.4, 0.5) is 0 Å². The molecule has 2 aliphatic rings. The Morgan fingerprint density at radius 1 is 1.25 bits per heavy atom. The number of hydrogen-bond donors (Lipinski definition) is 0. The van der Waals surface area contributed by atoms with Gasteiger partial charge in [-0.1, -0.05) is 26.2 Å². The van der Waals surface area contributed by atoms with Gasteiger partial charge in [-0.3, -0.25) is 0 Å². The maximum absolute atomic E-state index is 6.01. The summed E-state index contributed by atoms with van der Waals surface area (Å²) in [5.41, 5.74) is 0. The Balaban J connectivity index is 1.80. The van der Waals surface area contributed by atoms with Crippen LogP contribution in [0.3, 0.4) is 0 Å². The Bertz CT molecular complexity index is 215. The maximum atomic E-state index is 6.01. The first-order valence-corrected chi connectivity index (χ1v) is 6.74. The molecule has 0 radical (unpaired) electrons. The molecule has 2 fully saturated rings. The third kappa shape index (κ3) is 2.96. The molecule has 0 aromatic carbocycles. The molecule has 0 aliphatic carbocycles. The highest BCUT2D eigenvalue weighted by atomic mass is 16.9. The van der Waals surface area contributed by atoms with E-state index in [1.54, 1.807) is 0 Å². The summed E-state index contributed by atoms with van der Waals surface area (Å²) in [6.45, 7) is 4.94. The molecule has 0 saturated carbocycles. The van der Waals surface area contributed by atoms with E-state index in [0.717, 1.165) is 25.7 Å². The van der Waals surface area contributed by atoms with E-state index < -0.39 is 5.97 Å². The largest absolute Gasteiger partial charge is 0.325 e. The van der Waals surface area contributed by atoms with E-state index in [1.165, 1.54) is 19.3 Å². The maximum Gasteiger partial charge on any atom is 0.283 e. The van der Waals surface area contributed by atoms with Crippen molar-refractivity contribution in [2.45, 2.75) is 77.0 Å². The van der Waals surface area contributed by atoms with Crippen LogP contribution in [0.15, 0.2) is 0 Å². The smallest absolute Gasteiger partial charge is 0.283 e. The molecule has 2 rings (SSSR count). The molecular formula is C13H24O3. The lowest BCUT2D eigenvalue weighted by Crippen LogP contribution is -2.42. The summed E-state index contributed by atoms with van der Waals surface area (Å²) >= 11 is 0. The van der Waals surface area contributed by atoms with Gasteiger partial charge in [-0.25, -0.2) is 0 Å². The first kappa shape index (κ1) is 12.3. The lowest BCUT2D eigenvalue weighted by molar-refractivity contribution is -0.369. The lowest BCUT2D eigenvalue weighted by atomic mass is 10.0. The molecule has 2 saturated heterocycles. The molecule has 2 heterocycles. The van der Waals surface area contributed by atoms with Gasteiger partial charge in [-0.2, -0.15) is 0 Å². The topological polar surface area (TPSA) is 27.7 Å². The molecular weight excluding hydrogens is 204 g/mol. The van der Waals surface area contributed by atoms with Gasteiger partial charge in [-0.05, 0) is 26.2 Å². The van der Waals surface area contributed by atoms with Gasteiger partial charge in [0.15, 0.2) is 0 Å². The number of rotatable bonds is 4. The van der Waals surface area contributed by atoms with E-state index in [-0.39, 0.29) is 6.10 Å². The van der Waals surface area contributed by atoms with Crippen molar-refractivity contribution in [1.82, 2.24) is 0 Å². The van der Waals surface area contributed by atoms with E-state index >= 15 is 0 Å². The summed E-state index contributed by atoms with van der Waals surface area (Å²) < 4.78 is 17.5. The fraction of sp³-hybridized carbons (Fsp3) is 1.00. The predicted molar refractivity (Wildman–Crippen MR) is 62.1 cm³/mol. The van der Waals surface area contributed by atoms with Crippen LogP contribution in [-0.4, -0.2) is 24.8 Å². The van der Waals surface area contributed by atoms with E-state index in [9.17, 15) is 0 Å². The van der Waals surface area contributed by atoms with Crippen LogP contribution in [-0.2, 0) is 14.2 Å². The van der Waals surface area contributed by atoms with Crippen LogP contribution in [0.2, 0.25) is 0 Å². The van der Waals surface area contributed by atoms with Gasteiger partial charge in [-0.15, -0.1) is 0 Å². The van der Waals surface area contributed by atoms with E-state index in [0.29, 0.717) is 12.7 Å². The average molecular weight is 228 g/mol. The minimum atomic E-state index is -0.686. The summed E-state index contributed by atoms with van der Waals surface area (Å²) in [4.78, 5) is 0. The fourth-order valence-corrected chi connectivity index (χ4v) is 2.56. The fourth-order valence-electron chi connectivity index (χ4n) is 2.56. The number of unbranched alkanes of at least 4 members (excludes halogenated alkanes) is 2. The van der Waals surface area contributed by atoms with Gasteiger partial charge in [0.2, 0.25) is 0 Å². The van der Waals surface area contributed by atoms with Crippen LogP contribution < -0.4 is 0 Å². The second kappa shape index (κ2) is 5.48. The van der Waals surface area contributed by atoms with Crippen LogP contribution in [0.25, 0.3) is 0 Å². The van der Waals surface area contributed by atoms with Crippen molar-refractivity contribution < 1.29 is 14.2 Å². The number of hydrogen-bond acceptors (Lipinski definition) is 3. The highest BCUT2D eigenvalue weighted by Gasteiger charge is 2.45. The zero-order chi connectivity index (χ0) is 11.4. The van der Waals surface area contributed by atoms with Crippen molar-refractivity contribution in [3.63, 3.8) is 0 Å². The van der Waals surface area contributed by atoms with E-state index in [1.807, 2.05) is 6.92 Å². The number of ether oxygens (including phenoxy) is 3. The summed E-state index contributed by atoms with van der Waals surface area (Å²) in [5, 5.41) is 0. The molecule has 0 bridgehead atoms. The van der Waals surface area contributed by atoms with Crippen molar-refractivity contribution in [3.8, 4) is 0 Å². The summed E-state index contributed by atoms with van der Waals surface area (Å²) in [6.07, 6.45) is 8.69. The molecule has 0 aromatic rings. The summed E-state index contributed by atoms with van der Waals surface area (Å²) in [5.74, 6) is -0.686. The van der Waals surface area contributed by atoms with E-state index in [2.05, 4.69) is 6.92 Å². The standard InChI is InChI=1S/C13H24O3/c1-3-4-5-7-12-8-6-9-13(16-12)14-10-11(2)15-13/h11-12H,3-10H2,1-2H3. The Morgan fingerprint density at radius 3 is 2.81 bits per heavy atom. The van der Waals surface area contributed by atoms with Gasteiger partial charge < -0.3 is 14.2 Å². The average Bonchev–Trinajstić information content (AvgIpc) is 2.60. The molecule has 3 atom stereocenters. The van der Waals surface area contributed by atoms with Crippen molar-refractivity contribution >= 4 is 0 Å². The molecule has 3 heteroatoms.